The summed E-state index contributed by atoms with van der Waals surface area (Å²) in [6, 6.07) is 9.04. The van der Waals surface area contributed by atoms with Crippen LogP contribution in [-0.4, -0.2) is 41.5 Å². The highest BCUT2D eigenvalue weighted by atomic mass is 16.5. The Morgan fingerprint density at radius 1 is 0.741 bits per heavy atom. The summed E-state index contributed by atoms with van der Waals surface area (Å²) in [4.78, 5) is 12.3. The fourth-order valence-electron chi connectivity index (χ4n) is 2.68. The largest absolute Gasteiger partial charge is 0.493 e. The number of methoxy groups -OCH3 is 5. The van der Waals surface area contributed by atoms with Gasteiger partial charge in [-0.25, -0.2) is 0 Å². The van der Waals surface area contributed by atoms with Crippen molar-refractivity contribution in [1.29, 1.82) is 0 Å². The summed E-state index contributed by atoms with van der Waals surface area (Å²) >= 11 is 0. The van der Waals surface area contributed by atoms with Gasteiger partial charge in [0, 0.05) is 6.54 Å². The number of ether oxygens (including phenoxy) is 5. The van der Waals surface area contributed by atoms with Crippen molar-refractivity contribution >= 4 is 5.91 Å². The molecule has 0 aliphatic rings. The van der Waals surface area contributed by atoms with E-state index in [0.717, 1.165) is 11.1 Å². The molecule has 2 aromatic carbocycles. The maximum absolute atomic E-state index is 12.3. The van der Waals surface area contributed by atoms with Crippen molar-refractivity contribution in [3.63, 3.8) is 0 Å². The topological polar surface area (TPSA) is 75.3 Å². The molecular weight excluding hydrogens is 350 g/mol. The van der Waals surface area contributed by atoms with Crippen LogP contribution < -0.4 is 29.0 Å². The summed E-state index contributed by atoms with van der Waals surface area (Å²) in [5.41, 5.74) is 1.67. The predicted octanol–water partition coefficient (Wildman–Crippen LogP) is 2.59. The monoisotopic (exact) mass is 375 g/mol. The molecule has 0 aromatic heterocycles. The highest BCUT2D eigenvalue weighted by molar-refractivity contribution is 5.79. The Labute approximate surface area is 159 Å². The van der Waals surface area contributed by atoms with Crippen LogP contribution in [0.2, 0.25) is 0 Å². The molecule has 1 amide bonds. The Balaban J connectivity index is 2.06. The maximum Gasteiger partial charge on any atom is 0.224 e. The average Bonchev–Trinajstić information content (AvgIpc) is 2.70. The summed E-state index contributed by atoms with van der Waals surface area (Å²) in [5, 5.41) is 2.89. The predicted molar refractivity (Wildman–Crippen MR) is 101 cm³/mol. The molecule has 0 spiro atoms. The molecule has 0 radical (unpaired) electrons. The fourth-order valence-corrected chi connectivity index (χ4v) is 2.68. The standard InChI is InChI=1S/C20H25NO6/c1-23-15-7-6-13(8-16(15)24-2)12-21-19(22)11-14-9-17(25-3)20(27-5)18(10-14)26-4/h6-10H,11-12H2,1-5H3,(H,21,22). The first kappa shape index (κ1) is 20.2. The number of carbonyl (C=O) groups is 1. The number of hydrogen-bond acceptors (Lipinski definition) is 6. The molecule has 7 nitrogen and oxygen atoms in total. The molecule has 27 heavy (non-hydrogen) atoms. The van der Waals surface area contributed by atoms with Crippen molar-refractivity contribution in [2.75, 3.05) is 35.5 Å². The van der Waals surface area contributed by atoms with Crippen LogP contribution in [0.15, 0.2) is 30.3 Å². The summed E-state index contributed by atoms with van der Waals surface area (Å²) in [6.45, 7) is 0.379. The summed E-state index contributed by atoms with van der Waals surface area (Å²) < 4.78 is 26.4. The molecule has 0 heterocycles. The lowest BCUT2D eigenvalue weighted by atomic mass is 10.1. The number of nitrogens with one attached hydrogen (secondary N) is 1. The van der Waals surface area contributed by atoms with E-state index in [9.17, 15) is 4.79 Å². The number of amides is 1. The van der Waals surface area contributed by atoms with E-state index in [1.807, 2.05) is 12.1 Å². The molecular formula is C20H25NO6. The van der Waals surface area contributed by atoms with Gasteiger partial charge < -0.3 is 29.0 Å². The van der Waals surface area contributed by atoms with Gasteiger partial charge in [0.05, 0.1) is 42.0 Å². The zero-order valence-corrected chi connectivity index (χ0v) is 16.3. The zero-order valence-electron chi connectivity index (χ0n) is 16.3. The van der Waals surface area contributed by atoms with Gasteiger partial charge in [-0.2, -0.15) is 0 Å². The van der Waals surface area contributed by atoms with Crippen LogP contribution >= 0.6 is 0 Å². The number of hydrogen-bond donors (Lipinski definition) is 1. The smallest absolute Gasteiger partial charge is 0.224 e. The molecule has 0 aliphatic heterocycles. The van der Waals surface area contributed by atoms with Gasteiger partial charge in [0.25, 0.3) is 0 Å². The van der Waals surface area contributed by atoms with Crippen LogP contribution in [0.3, 0.4) is 0 Å². The van der Waals surface area contributed by atoms with Gasteiger partial charge in [0.1, 0.15) is 0 Å². The van der Waals surface area contributed by atoms with Gasteiger partial charge in [0.2, 0.25) is 11.7 Å². The molecule has 0 bridgehead atoms. The molecule has 0 saturated carbocycles. The van der Waals surface area contributed by atoms with E-state index < -0.39 is 0 Å². The van der Waals surface area contributed by atoms with Crippen molar-refractivity contribution in [2.24, 2.45) is 0 Å². The van der Waals surface area contributed by atoms with Crippen LogP contribution in [0.5, 0.6) is 28.7 Å². The number of carbonyl (C=O) groups excluding carboxylic acids is 1. The molecule has 7 heteroatoms. The SMILES string of the molecule is COc1ccc(CNC(=O)Cc2cc(OC)c(OC)c(OC)c2)cc1OC. The van der Waals surface area contributed by atoms with E-state index in [1.165, 1.54) is 21.3 Å². The van der Waals surface area contributed by atoms with Gasteiger partial charge in [-0.05, 0) is 35.4 Å². The van der Waals surface area contributed by atoms with Crippen LogP contribution in [0.4, 0.5) is 0 Å². The van der Waals surface area contributed by atoms with Crippen LogP contribution in [0.25, 0.3) is 0 Å². The van der Waals surface area contributed by atoms with Crippen LogP contribution in [0, 0.1) is 0 Å². The first-order chi connectivity index (χ1) is 13.1. The van der Waals surface area contributed by atoms with Gasteiger partial charge >= 0.3 is 0 Å². The molecule has 0 saturated heterocycles. The van der Waals surface area contributed by atoms with Crippen LogP contribution in [-0.2, 0) is 17.8 Å². The Kier molecular flexibility index (Phi) is 7.16. The second-order valence-electron chi connectivity index (χ2n) is 5.68. The summed E-state index contributed by atoms with van der Waals surface area (Å²) in [5.74, 6) is 2.66. The van der Waals surface area contributed by atoms with Crippen molar-refractivity contribution in [2.45, 2.75) is 13.0 Å². The number of rotatable bonds is 9. The van der Waals surface area contributed by atoms with E-state index in [0.29, 0.717) is 35.3 Å². The molecule has 2 rings (SSSR count). The quantitative estimate of drug-likeness (QED) is 0.726. The highest BCUT2D eigenvalue weighted by Gasteiger charge is 2.15. The molecule has 0 fully saturated rings. The highest BCUT2D eigenvalue weighted by Crippen LogP contribution is 2.38. The van der Waals surface area contributed by atoms with Gasteiger partial charge in [-0.15, -0.1) is 0 Å². The van der Waals surface area contributed by atoms with Crippen LogP contribution in [0.1, 0.15) is 11.1 Å². The van der Waals surface area contributed by atoms with Gasteiger partial charge in [-0.1, -0.05) is 6.07 Å². The summed E-state index contributed by atoms with van der Waals surface area (Å²) in [6.07, 6.45) is 0.185. The molecule has 2 aromatic rings. The second-order valence-corrected chi connectivity index (χ2v) is 5.68. The first-order valence-electron chi connectivity index (χ1n) is 8.32. The molecule has 1 N–H and O–H groups in total. The van der Waals surface area contributed by atoms with Gasteiger partial charge in [0.15, 0.2) is 23.0 Å². The van der Waals surface area contributed by atoms with E-state index >= 15 is 0 Å². The summed E-state index contributed by atoms with van der Waals surface area (Å²) in [7, 11) is 7.77. The molecule has 0 aliphatic carbocycles. The molecule has 146 valence electrons. The van der Waals surface area contributed by atoms with Gasteiger partial charge in [-0.3, -0.25) is 4.79 Å². The third kappa shape index (κ3) is 4.97. The van der Waals surface area contributed by atoms with Crippen molar-refractivity contribution in [3.8, 4) is 28.7 Å². The lowest BCUT2D eigenvalue weighted by molar-refractivity contribution is -0.120. The maximum atomic E-state index is 12.3. The zero-order chi connectivity index (χ0) is 19.8. The molecule has 0 unspecified atom stereocenters. The minimum atomic E-state index is -0.126. The normalized spacial score (nSPS) is 10.1. The van der Waals surface area contributed by atoms with Crippen molar-refractivity contribution in [3.05, 3.63) is 41.5 Å². The minimum Gasteiger partial charge on any atom is -0.493 e. The van der Waals surface area contributed by atoms with E-state index in [2.05, 4.69) is 5.32 Å². The lowest BCUT2D eigenvalue weighted by Crippen LogP contribution is -2.24. The van der Waals surface area contributed by atoms with E-state index in [4.69, 9.17) is 23.7 Å². The Hall–Kier alpha value is -3.09. The number of benzene rings is 2. The Morgan fingerprint density at radius 3 is 1.81 bits per heavy atom. The van der Waals surface area contributed by atoms with E-state index in [1.54, 1.807) is 32.4 Å². The minimum absolute atomic E-state index is 0.126. The average molecular weight is 375 g/mol. The fraction of sp³-hybridized carbons (Fsp3) is 0.350. The van der Waals surface area contributed by atoms with Crippen molar-refractivity contribution < 1.29 is 28.5 Å². The third-order valence-electron chi connectivity index (χ3n) is 4.03. The third-order valence-corrected chi connectivity index (χ3v) is 4.03. The Morgan fingerprint density at radius 2 is 1.30 bits per heavy atom. The first-order valence-corrected chi connectivity index (χ1v) is 8.32. The Bertz CT molecular complexity index is 765. The van der Waals surface area contributed by atoms with E-state index in [-0.39, 0.29) is 12.3 Å². The second kappa shape index (κ2) is 9.56. The lowest BCUT2D eigenvalue weighted by Gasteiger charge is -2.14. The molecule has 0 atom stereocenters. The van der Waals surface area contributed by atoms with Crippen molar-refractivity contribution in [1.82, 2.24) is 5.32 Å².